The smallest absolute Gasteiger partial charge is 0.306 e. The number of aliphatic hydroxyl groups is 11. The molecule has 13 N–H and O–H groups in total. The number of carbonyl (C=O) groups is 2. The van der Waals surface area contributed by atoms with Crippen molar-refractivity contribution in [3.8, 4) is 11.1 Å². The topological polar surface area (TPSA) is 336 Å². The fraction of sp³-hybridized carbons (Fsp3) is 0.628. The minimum Gasteiger partial charge on any atom is -0.465 e. The third kappa shape index (κ3) is 9.78. The SMILES string of the molecule is CC1=C[C@H](N[C@@H]2C(C)O[C@H](O[C@@H]3C(CO)O[C@H](O[C@@H]4C(CO)OC(NC(=O)CCC(=O)OCC5c6ccccc6-c6ccccc65)C(O)[C@@H]4O)C(O)[C@@H]3O)C(O)[C@@H]2O)C(O)[C@H](O)[C@H]1O. The van der Waals surface area contributed by atoms with E-state index in [9.17, 15) is 65.8 Å². The van der Waals surface area contributed by atoms with Crippen LogP contribution >= 0.6 is 0 Å². The number of carbonyl (C=O) groups excluding carboxylic acids is 2. The van der Waals surface area contributed by atoms with Crippen molar-refractivity contribution >= 4 is 11.9 Å². The second kappa shape index (κ2) is 20.5. The molecule has 2 aromatic rings. The van der Waals surface area contributed by atoms with Gasteiger partial charge in [-0.25, -0.2) is 0 Å². The second-order valence-corrected chi connectivity index (χ2v) is 16.9. The molecule has 7 rings (SSSR count). The van der Waals surface area contributed by atoms with E-state index in [4.69, 9.17) is 28.4 Å². The molecule has 19 atom stereocenters. The Bertz CT molecular complexity index is 1910. The minimum absolute atomic E-state index is 0.0562. The zero-order valence-electron chi connectivity index (χ0n) is 35.0. The molecule has 0 bridgehead atoms. The number of aliphatic hydroxyl groups excluding tert-OH is 11. The Hall–Kier alpha value is -3.56. The summed E-state index contributed by atoms with van der Waals surface area (Å²) in [5, 5.41) is 123. The molecule has 3 heterocycles. The number of esters is 1. The van der Waals surface area contributed by atoms with Crippen molar-refractivity contribution in [1.82, 2.24) is 10.6 Å². The van der Waals surface area contributed by atoms with Gasteiger partial charge in [0, 0.05) is 12.3 Å². The summed E-state index contributed by atoms with van der Waals surface area (Å²) in [4.78, 5) is 25.6. The number of ether oxygens (including phenoxy) is 6. The van der Waals surface area contributed by atoms with Gasteiger partial charge in [0.15, 0.2) is 18.8 Å². The molecule has 21 heteroatoms. The molecule has 0 radical (unpaired) electrons. The third-order valence-electron chi connectivity index (χ3n) is 12.7. The largest absolute Gasteiger partial charge is 0.465 e. The van der Waals surface area contributed by atoms with Crippen molar-refractivity contribution < 1.29 is 94.2 Å². The lowest BCUT2D eigenvalue weighted by atomic mass is 9.87. The predicted octanol–water partition coefficient (Wildman–Crippen LogP) is -4.28. The molecule has 2 aromatic carbocycles. The number of amides is 1. The molecule has 21 nitrogen and oxygen atoms in total. The normalized spacial score (nSPS) is 40.0. The molecule has 3 aliphatic heterocycles. The van der Waals surface area contributed by atoms with E-state index in [1.807, 2.05) is 48.5 Å². The first-order chi connectivity index (χ1) is 30.5. The molecule has 2 aliphatic carbocycles. The number of nitrogens with one attached hydrogen (secondary N) is 2. The van der Waals surface area contributed by atoms with Crippen LogP contribution in [0.1, 0.15) is 43.7 Å². The fourth-order valence-electron chi connectivity index (χ4n) is 9.04. The van der Waals surface area contributed by atoms with E-state index < -0.39 is 141 Å². The molecule has 3 fully saturated rings. The van der Waals surface area contributed by atoms with Crippen LogP contribution in [-0.4, -0.2) is 204 Å². The summed E-state index contributed by atoms with van der Waals surface area (Å²) < 4.78 is 34.2. The highest BCUT2D eigenvalue weighted by Gasteiger charge is 2.54. The van der Waals surface area contributed by atoms with Crippen LogP contribution < -0.4 is 10.6 Å². The van der Waals surface area contributed by atoms with E-state index in [2.05, 4.69) is 10.6 Å². The van der Waals surface area contributed by atoms with Crippen molar-refractivity contribution in [2.45, 2.75) is 149 Å². The summed E-state index contributed by atoms with van der Waals surface area (Å²) >= 11 is 0. The molecular weight excluding hydrogens is 848 g/mol. The summed E-state index contributed by atoms with van der Waals surface area (Å²) in [5.41, 5.74) is 4.52. The molecule has 0 aromatic heterocycles. The predicted molar refractivity (Wildman–Crippen MR) is 216 cm³/mol. The van der Waals surface area contributed by atoms with Gasteiger partial charge in [-0.2, -0.15) is 0 Å². The Balaban J connectivity index is 0.898. The van der Waals surface area contributed by atoms with Crippen molar-refractivity contribution in [3.05, 3.63) is 71.3 Å². The number of fused-ring (bicyclic) bond motifs is 3. The van der Waals surface area contributed by atoms with Crippen molar-refractivity contribution in [2.75, 3.05) is 19.8 Å². The lowest BCUT2D eigenvalue weighted by Gasteiger charge is -2.49. The highest BCUT2D eigenvalue weighted by atomic mass is 16.7. The zero-order valence-corrected chi connectivity index (χ0v) is 35.0. The Kier molecular flexibility index (Phi) is 15.5. The van der Waals surface area contributed by atoms with Crippen LogP contribution in [-0.2, 0) is 38.0 Å². The lowest BCUT2D eigenvalue weighted by Crippen LogP contribution is -2.68. The van der Waals surface area contributed by atoms with Crippen LogP contribution in [0.5, 0.6) is 0 Å². The van der Waals surface area contributed by atoms with E-state index in [1.54, 1.807) is 6.92 Å². The van der Waals surface area contributed by atoms with Crippen LogP contribution in [0, 0.1) is 0 Å². The van der Waals surface area contributed by atoms with Crippen LogP contribution in [0.2, 0.25) is 0 Å². The quantitative estimate of drug-likeness (QED) is 0.0630. The van der Waals surface area contributed by atoms with E-state index >= 15 is 0 Å². The lowest BCUT2D eigenvalue weighted by molar-refractivity contribution is -0.368. The van der Waals surface area contributed by atoms with E-state index in [1.165, 1.54) is 13.0 Å². The summed E-state index contributed by atoms with van der Waals surface area (Å²) in [5.74, 6) is -1.57. The van der Waals surface area contributed by atoms with E-state index in [0.717, 1.165) is 22.3 Å². The van der Waals surface area contributed by atoms with Gasteiger partial charge < -0.3 is 95.2 Å². The number of hydrogen-bond acceptors (Lipinski definition) is 20. The average Bonchev–Trinajstić information content (AvgIpc) is 3.61. The zero-order chi connectivity index (χ0) is 46.1. The highest BCUT2D eigenvalue weighted by molar-refractivity contribution is 5.82. The van der Waals surface area contributed by atoms with Gasteiger partial charge >= 0.3 is 5.97 Å². The second-order valence-electron chi connectivity index (χ2n) is 16.9. The van der Waals surface area contributed by atoms with E-state index in [0.29, 0.717) is 5.57 Å². The standard InChI is InChI=1S/C43H58N2O19/c1-17-13-24(31(51)33(53)30(17)50)44-29-18(2)60-42(37(57)32(29)52)63-40-26(15-47)62-43(38(58)35(40)55)64-39-25(14-46)61-41(36(56)34(39)54)45-27(48)11-12-28(49)59-16-23-21-9-5-3-7-19(21)20-8-4-6-10-22(20)23/h3-10,13,18,23-26,29-44,46-47,50-58H,11-12,14-16H2,1-2H3,(H,45,48)/t18?,24-,25?,26?,29+,30-,31?,32+,33+,34-,35-,36?,37?,38?,39+,40+,41?,42+,43+/m0/s1. The molecule has 354 valence electrons. The molecule has 0 saturated carbocycles. The minimum atomic E-state index is -1.99. The van der Waals surface area contributed by atoms with Gasteiger partial charge in [0.2, 0.25) is 5.91 Å². The summed E-state index contributed by atoms with van der Waals surface area (Å²) in [6.45, 7) is 1.40. The molecule has 3 saturated heterocycles. The fourth-order valence-corrected chi connectivity index (χ4v) is 9.04. The van der Waals surface area contributed by atoms with Crippen molar-refractivity contribution in [2.24, 2.45) is 0 Å². The number of hydrogen-bond donors (Lipinski definition) is 13. The Morgan fingerprint density at radius 2 is 1.20 bits per heavy atom. The van der Waals surface area contributed by atoms with Gasteiger partial charge in [0.05, 0.1) is 37.8 Å². The highest BCUT2D eigenvalue weighted by Crippen LogP contribution is 2.44. The van der Waals surface area contributed by atoms with E-state index in [-0.39, 0.29) is 25.4 Å². The Morgan fingerprint density at radius 1 is 0.656 bits per heavy atom. The first-order valence-corrected chi connectivity index (χ1v) is 21.2. The maximum Gasteiger partial charge on any atom is 0.306 e. The van der Waals surface area contributed by atoms with Crippen LogP contribution in [0.15, 0.2) is 60.2 Å². The van der Waals surface area contributed by atoms with Gasteiger partial charge in [-0.3, -0.25) is 9.59 Å². The van der Waals surface area contributed by atoms with Gasteiger partial charge in [0.25, 0.3) is 0 Å². The summed E-state index contributed by atoms with van der Waals surface area (Å²) in [7, 11) is 0. The number of benzene rings is 2. The first-order valence-electron chi connectivity index (χ1n) is 21.2. The molecule has 5 aliphatic rings. The van der Waals surface area contributed by atoms with Crippen molar-refractivity contribution in [1.29, 1.82) is 0 Å². The van der Waals surface area contributed by atoms with Gasteiger partial charge in [-0.05, 0) is 41.7 Å². The van der Waals surface area contributed by atoms with Gasteiger partial charge in [0.1, 0.15) is 86.0 Å². The molecule has 1 amide bonds. The first kappa shape index (κ1) is 48.4. The summed E-state index contributed by atoms with van der Waals surface area (Å²) in [6.07, 6.45) is -26.9. The van der Waals surface area contributed by atoms with Crippen LogP contribution in [0.3, 0.4) is 0 Å². The Labute approximate surface area is 367 Å². The monoisotopic (exact) mass is 906 g/mol. The molecule has 0 spiro atoms. The van der Waals surface area contributed by atoms with Gasteiger partial charge in [-0.1, -0.05) is 54.6 Å². The molecule has 8 unspecified atom stereocenters. The van der Waals surface area contributed by atoms with Crippen LogP contribution in [0.4, 0.5) is 0 Å². The third-order valence-corrected chi connectivity index (χ3v) is 12.7. The summed E-state index contributed by atoms with van der Waals surface area (Å²) in [6, 6.07) is 13.6. The number of rotatable bonds is 14. The van der Waals surface area contributed by atoms with Crippen molar-refractivity contribution in [3.63, 3.8) is 0 Å². The van der Waals surface area contributed by atoms with Crippen LogP contribution in [0.25, 0.3) is 11.1 Å². The molecular formula is C43H58N2O19. The maximum absolute atomic E-state index is 12.9. The average molecular weight is 907 g/mol. The molecule has 64 heavy (non-hydrogen) atoms. The van der Waals surface area contributed by atoms with Gasteiger partial charge in [-0.15, -0.1) is 0 Å². The Morgan fingerprint density at radius 3 is 1.81 bits per heavy atom. The maximum atomic E-state index is 12.9.